The lowest BCUT2D eigenvalue weighted by Gasteiger charge is -1.92. The zero-order valence-electron chi connectivity index (χ0n) is 7.58. The van der Waals surface area contributed by atoms with Crippen LogP contribution in [0.4, 0.5) is 0 Å². The summed E-state index contributed by atoms with van der Waals surface area (Å²) in [5.41, 5.74) is 0.690. The molecule has 0 amide bonds. The number of furan rings is 1. The molecule has 5 heteroatoms. The normalized spacial score (nSPS) is 10.7. The number of hydrogen-bond acceptors (Lipinski definition) is 5. The van der Waals surface area contributed by atoms with Crippen LogP contribution in [0.5, 0.6) is 0 Å². The first-order valence-corrected chi connectivity index (χ1v) is 5.20. The smallest absolute Gasteiger partial charge is 0.194 e. The minimum Gasteiger partial charge on any atom is -0.463 e. The Kier molecular flexibility index (Phi) is 1.89. The molecule has 0 N–H and O–H groups in total. The van der Waals surface area contributed by atoms with E-state index in [0.29, 0.717) is 17.2 Å². The molecule has 0 fully saturated rings. The molecule has 3 rings (SSSR count). The van der Waals surface area contributed by atoms with Crippen LogP contribution in [0.1, 0.15) is 0 Å². The lowest BCUT2D eigenvalue weighted by molar-refractivity contribution is 0.567. The van der Waals surface area contributed by atoms with Gasteiger partial charge in [0.2, 0.25) is 0 Å². The fourth-order valence-corrected chi connectivity index (χ4v) is 1.95. The van der Waals surface area contributed by atoms with Crippen molar-refractivity contribution in [1.82, 2.24) is 9.97 Å². The molecule has 3 heterocycles. The molecule has 15 heavy (non-hydrogen) atoms. The quantitative estimate of drug-likeness (QED) is 0.663. The van der Waals surface area contributed by atoms with Gasteiger partial charge in [-0.1, -0.05) is 0 Å². The van der Waals surface area contributed by atoms with Gasteiger partial charge in [-0.25, -0.2) is 9.97 Å². The second kappa shape index (κ2) is 3.36. The van der Waals surface area contributed by atoms with Gasteiger partial charge in [-0.3, -0.25) is 0 Å². The summed E-state index contributed by atoms with van der Waals surface area (Å²) in [4.78, 5) is 8.29. The van der Waals surface area contributed by atoms with E-state index < -0.39 is 0 Å². The van der Waals surface area contributed by atoms with Crippen molar-refractivity contribution in [2.24, 2.45) is 0 Å². The van der Waals surface area contributed by atoms with Gasteiger partial charge in [0.25, 0.3) is 0 Å². The Morgan fingerprint density at radius 2 is 2.20 bits per heavy atom. The van der Waals surface area contributed by atoms with Crippen LogP contribution in [-0.4, -0.2) is 9.97 Å². The molecule has 0 unspecified atom stereocenters. The van der Waals surface area contributed by atoms with Crippen LogP contribution in [0.2, 0.25) is 0 Å². The Balaban J connectivity index is 2.15. The van der Waals surface area contributed by atoms with Gasteiger partial charge >= 0.3 is 0 Å². The van der Waals surface area contributed by atoms with Gasteiger partial charge in [0.1, 0.15) is 0 Å². The van der Waals surface area contributed by atoms with Gasteiger partial charge < -0.3 is 8.83 Å². The SMILES string of the molecule is c1coc(-c2ncoc2-c2nccs2)c1. The lowest BCUT2D eigenvalue weighted by atomic mass is 10.3. The number of aromatic nitrogens is 2. The fourth-order valence-electron chi connectivity index (χ4n) is 1.32. The first kappa shape index (κ1) is 8.43. The van der Waals surface area contributed by atoms with Gasteiger partial charge in [0.15, 0.2) is 28.6 Å². The zero-order chi connectivity index (χ0) is 10.1. The van der Waals surface area contributed by atoms with E-state index in [-0.39, 0.29) is 0 Å². The van der Waals surface area contributed by atoms with E-state index in [2.05, 4.69) is 9.97 Å². The summed E-state index contributed by atoms with van der Waals surface area (Å²) in [6.45, 7) is 0. The van der Waals surface area contributed by atoms with E-state index in [1.807, 2.05) is 17.5 Å². The van der Waals surface area contributed by atoms with E-state index in [4.69, 9.17) is 8.83 Å². The van der Waals surface area contributed by atoms with Crippen LogP contribution in [-0.2, 0) is 0 Å². The Hall–Kier alpha value is -1.88. The van der Waals surface area contributed by atoms with Gasteiger partial charge in [-0.2, -0.15) is 0 Å². The number of oxazole rings is 1. The third kappa shape index (κ3) is 1.37. The third-order valence-corrected chi connectivity index (χ3v) is 2.72. The Bertz CT molecular complexity index is 491. The summed E-state index contributed by atoms with van der Waals surface area (Å²) in [6.07, 6.45) is 4.73. The van der Waals surface area contributed by atoms with E-state index in [9.17, 15) is 0 Å². The molecular formula is C10H6N2O2S. The average Bonchev–Trinajstić information content (AvgIpc) is 3.01. The summed E-state index contributed by atoms with van der Waals surface area (Å²) < 4.78 is 10.6. The zero-order valence-corrected chi connectivity index (χ0v) is 8.40. The molecule has 74 valence electrons. The van der Waals surface area contributed by atoms with Crippen molar-refractivity contribution in [3.8, 4) is 22.2 Å². The van der Waals surface area contributed by atoms with E-state index in [1.165, 1.54) is 17.7 Å². The molecule has 0 saturated heterocycles. The van der Waals surface area contributed by atoms with Gasteiger partial charge in [0, 0.05) is 11.6 Å². The molecule has 0 bridgehead atoms. The molecule has 0 saturated carbocycles. The maximum Gasteiger partial charge on any atom is 0.194 e. The van der Waals surface area contributed by atoms with Gasteiger partial charge in [0.05, 0.1) is 6.26 Å². The minimum absolute atomic E-state index is 0.653. The summed E-state index contributed by atoms with van der Waals surface area (Å²) in [5, 5.41) is 2.70. The Morgan fingerprint density at radius 3 is 2.93 bits per heavy atom. The number of nitrogens with zero attached hydrogens (tertiary/aromatic N) is 2. The average molecular weight is 218 g/mol. The second-order valence-corrected chi connectivity index (χ2v) is 3.74. The highest BCUT2D eigenvalue weighted by Gasteiger charge is 2.16. The number of thiazole rings is 1. The maximum absolute atomic E-state index is 5.31. The first-order chi connectivity index (χ1) is 7.45. The van der Waals surface area contributed by atoms with Crippen molar-refractivity contribution in [3.63, 3.8) is 0 Å². The van der Waals surface area contributed by atoms with Crippen LogP contribution in [0.15, 0.2) is 45.2 Å². The number of rotatable bonds is 2. The molecule has 0 spiro atoms. The van der Waals surface area contributed by atoms with Gasteiger partial charge in [-0.15, -0.1) is 11.3 Å². The van der Waals surface area contributed by atoms with E-state index in [0.717, 1.165) is 5.01 Å². The molecule has 0 aliphatic heterocycles. The van der Waals surface area contributed by atoms with Crippen molar-refractivity contribution in [2.75, 3.05) is 0 Å². The van der Waals surface area contributed by atoms with Crippen molar-refractivity contribution >= 4 is 11.3 Å². The van der Waals surface area contributed by atoms with Crippen molar-refractivity contribution < 1.29 is 8.83 Å². The highest BCUT2D eigenvalue weighted by molar-refractivity contribution is 7.13. The highest BCUT2D eigenvalue weighted by Crippen LogP contribution is 2.32. The fraction of sp³-hybridized carbons (Fsp3) is 0. The van der Waals surface area contributed by atoms with Crippen molar-refractivity contribution in [2.45, 2.75) is 0 Å². The monoisotopic (exact) mass is 218 g/mol. The van der Waals surface area contributed by atoms with Crippen molar-refractivity contribution in [3.05, 3.63) is 36.4 Å². The molecule has 4 nitrogen and oxygen atoms in total. The van der Waals surface area contributed by atoms with Crippen LogP contribution < -0.4 is 0 Å². The molecule has 0 aliphatic carbocycles. The molecule has 0 radical (unpaired) electrons. The van der Waals surface area contributed by atoms with Gasteiger partial charge in [-0.05, 0) is 12.1 Å². The second-order valence-electron chi connectivity index (χ2n) is 2.84. The first-order valence-electron chi connectivity index (χ1n) is 4.32. The summed E-state index contributed by atoms with van der Waals surface area (Å²) in [6, 6.07) is 3.66. The highest BCUT2D eigenvalue weighted by atomic mass is 32.1. The van der Waals surface area contributed by atoms with Crippen LogP contribution >= 0.6 is 11.3 Å². The molecule has 0 aliphatic rings. The maximum atomic E-state index is 5.31. The van der Waals surface area contributed by atoms with Crippen LogP contribution in [0, 0.1) is 0 Å². The molecule has 0 atom stereocenters. The molecule has 3 aromatic heterocycles. The largest absolute Gasteiger partial charge is 0.463 e. The topological polar surface area (TPSA) is 52.1 Å². The summed E-state index contributed by atoms with van der Waals surface area (Å²) >= 11 is 1.51. The molecule has 3 aromatic rings. The van der Waals surface area contributed by atoms with E-state index in [1.54, 1.807) is 12.5 Å². The Morgan fingerprint density at radius 1 is 1.20 bits per heavy atom. The predicted molar refractivity (Wildman–Crippen MR) is 55.3 cm³/mol. The predicted octanol–water partition coefficient (Wildman–Crippen LogP) is 3.06. The molecule has 0 aromatic carbocycles. The third-order valence-electron chi connectivity index (χ3n) is 1.95. The standard InChI is InChI=1S/C10H6N2O2S/c1-2-7(13-4-1)8-9(14-6-12-8)10-11-3-5-15-10/h1-6H. The number of hydrogen-bond donors (Lipinski definition) is 0. The summed E-state index contributed by atoms with van der Waals surface area (Å²) in [7, 11) is 0. The lowest BCUT2D eigenvalue weighted by Crippen LogP contribution is -1.78. The minimum atomic E-state index is 0.653. The van der Waals surface area contributed by atoms with Crippen LogP contribution in [0.3, 0.4) is 0 Å². The van der Waals surface area contributed by atoms with Crippen molar-refractivity contribution in [1.29, 1.82) is 0 Å². The summed E-state index contributed by atoms with van der Waals surface area (Å²) in [5.74, 6) is 1.34. The Labute approximate surface area is 89.2 Å². The molecular weight excluding hydrogens is 212 g/mol. The van der Waals surface area contributed by atoms with Crippen LogP contribution in [0.25, 0.3) is 22.2 Å². The van der Waals surface area contributed by atoms with E-state index >= 15 is 0 Å².